The average molecular weight is 410 g/mol. The number of amides is 2. The van der Waals surface area contributed by atoms with Crippen molar-refractivity contribution in [3.63, 3.8) is 0 Å². The number of rotatable bonds is 5. The van der Waals surface area contributed by atoms with Crippen molar-refractivity contribution >= 4 is 23.8 Å². The van der Waals surface area contributed by atoms with E-state index in [9.17, 15) is 19.2 Å². The zero-order chi connectivity index (χ0) is 22.0. The quantitative estimate of drug-likeness (QED) is 0.393. The number of hydrogen-bond donors (Lipinski definition) is 0. The lowest BCUT2D eigenvalue weighted by Crippen LogP contribution is -2.38. The highest BCUT2D eigenvalue weighted by Gasteiger charge is 2.45. The summed E-state index contributed by atoms with van der Waals surface area (Å²) in [5.41, 5.74) is -0.861. The zero-order valence-electron chi connectivity index (χ0n) is 18.6. The molecule has 0 radical (unpaired) electrons. The first-order chi connectivity index (χ1) is 13.3. The number of nitrogens with zero attached hydrogens (tertiary/aromatic N) is 1. The van der Waals surface area contributed by atoms with E-state index in [1.54, 1.807) is 20.8 Å². The van der Waals surface area contributed by atoms with Crippen molar-refractivity contribution in [2.75, 3.05) is 13.3 Å². The van der Waals surface area contributed by atoms with Crippen molar-refractivity contribution in [1.82, 2.24) is 4.90 Å². The fraction of sp³-hybridized carbons (Fsp3) is 0.818. The van der Waals surface area contributed by atoms with E-state index < -0.39 is 11.4 Å². The predicted molar refractivity (Wildman–Crippen MR) is 106 cm³/mol. The third kappa shape index (κ3) is 6.03. The molecule has 2 aliphatic rings. The third-order valence-corrected chi connectivity index (χ3v) is 5.91. The van der Waals surface area contributed by atoms with E-state index in [1.807, 2.05) is 20.8 Å². The number of imide groups is 1. The number of esters is 2. The number of likely N-dealkylation sites (tertiary alicyclic amines) is 1. The second-order valence-corrected chi connectivity index (χ2v) is 10.4. The highest BCUT2D eigenvalue weighted by molar-refractivity contribution is 6.03. The van der Waals surface area contributed by atoms with E-state index in [0.29, 0.717) is 19.4 Å². The first-order valence-electron chi connectivity index (χ1n) is 10.5. The molecule has 2 rings (SSSR count). The van der Waals surface area contributed by atoms with Crippen molar-refractivity contribution in [2.24, 2.45) is 28.6 Å². The van der Waals surface area contributed by atoms with Gasteiger partial charge in [0.25, 0.3) is 0 Å². The van der Waals surface area contributed by atoms with Crippen LogP contribution >= 0.6 is 0 Å². The van der Waals surface area contributed by atoms with E-state index >= 15 is 0 Å². The number of hydrogen-bond acceptors (Lipinski definition) is 6. The van der Waals surface area contributed by atoms with Crippen LogP contribution in [0.25, 0.3) is 0 Å². The van der Waals surface area contributed by atoms with E-state index in [2.05, 4.69) is 0 Å². The van der Waals surface area contributed by atoms with Gasteiger partial charge in [-0.2, -0.15) is 0 Å². The zero-order valence-corrected chi connectivity index (χ0v) is 18.6. The minimum atomic E-state index is -0.638. The van der Waals surface area contributed by atoms with E-state index in [4.69, 9.17) is 9.47 Å². The lowest BCUT2D eigenvalue weighted by molar-refractivity contribution is -0.176. The summed E-state index contributed by atoms with van der Waals surface area (Å²) < 4.78 is 10.1. The topological polar surface area (TPSA) is 90.0 Å². The first-order valence-corrected chi connectivity index (χ1v) is 10.5. The molecule has 0 bridgehead atoms. The van der Waals surface area contributed by atoms with Crippen molar-refractivity contribution in [1.29, 1.82) is 0 Å². The Kier molecular flexibility index (Phi) is 7.12. The van der Waals surface area contributed by atoms with Crippen LogP contribution in [0.1, 0.15) is 73.6 Å². The molecule has 1 atom stereocenters. The Hall–Kier alpha value is -1.92. The Labute approximate surface area is 173 Å². The van der Waals surface area contributed by atoms with Gasteiger partial charge in [0.1, 0.15) is 0 Å². The van der Waals surface area contributed by atoms with Crippen LogP contribution in [0.2, 0.25) is 0 Å². The molecule has 0 aromatic carbocycles. The molecule has 1 heterocycles. The molecule has 7 nitrogen and oxygen atoms in total. The molecule has 164 valence electrons. The van der Waals surface area contributed by atoms with Crippen LogP contribution in [-0.4, -0.2) is 42.0 Å². The smallest absolute Gasteiger partial charge is 0.314 e. The SMILES string of the molecule is CC(C)(C)C(=O)OCOC(=O)C1CCC(CN2C(=O)CC(C(C)(C)C)C2=O)CC1. The second kappa shape index (κ2) is 8.84. The summed E-state index contributed by atoms with van der Waals surface area (Å²) in [6.07, 6.45) is 3.11. The molecule has 29 heavy (non-hydrogen) atoms. The maximum Gasteiger partial charge on any atom is 0.314 e. The fourth-order valence-corrected chi connectivity index (χ4v) is 3.87. The molecule has 1 saturated carbocycles. The molecular weight excluding hydrogens is 374 g/mol. The molecule has 0 aromatic rings. The molecule has 0 N–H and O–H groups in total. The van der Waals surface area contributed by atoms with Gasteiger partial charge in [-0.25, -0.2) is 0 Å². The molecule has 1 aliphatic heterocycles. The van der Waals surface area contributed by atoms with Crippen LogP contribution in [0.15, 0.2) is 0 Å². The summed E-state index contributed by atoms with van der Waals surface area (Å²) >= 11 is 0. The van der Waals surface area contributed by atoms with Gasteiger partial charge in [0.15, 0.2) is 0 Å². The first kappa shape index (κ1) is 23.4. The second-order valence-electron chi connectivity index (χ2n) is 10.4. The Morgan fingerprint density at radius 3 is 2.03 bits per heavy atom. The summed E-state index contributed by atoms with van der Waals surface area (Å²) in [4.78, 5) is 50.3. The van der Waals surface area contributed by atoms with Crippen molar-refractivity contribution < 1.29 is 28.7 Å². The van der Waals surface area contributed by atoms with Crippen LogP contribution in [0.5, 0.6) is 0 Å². The normalized spacial score (nSPS) is 25.9. The Morgan fingerprint density at radius 2 is 1.55 bits per heavy atom. The number of carbonyl (C=O) groups excluding carboxylic acids is 4. The van der Waals surface area contributed by atoms with Gasteiger partial charge in [-0.05, 0) is 57.8 Å². The minimum absolute atomic E-state index is 0.0651. The van der Waals surface area contributed by atoms with Gasteiger partial charge in [0.05, 0.1) is 17.3 Å². The molecule has 2 amide bonds. The highest BCUT2D eigenvalue weighted by atomic mass is 16.7. The summed E-state index contributed by atoms with van der Waals surface area (Å²) in [6.45, 7) is 11.2. The van der Waals surface area contributed by atoms with Gasteiger partial charge in [-0.15, -0.1) is 0 Å². The van der Waals surface area contributed by atoms with E-state index in [-0.39, 0.29) is 54.2 Å². The highest BCUT2D eigenvalue weighted by Crippen LogP contribution is 2.37. The standard InChI is InChI=1S/C22H35NO6/c1-21(2,3)16-11-17(24)23(18(16)25)12-14-7-9-15(10-8-14)19(26)28-13-29-20(27)22(4,5)6/h14-16H,7-13H2,1-6H3. The summed E-state index contributed by atoms with van der Waals surface area (Å²) in [5, 5.41) is 0. The fourth-order valence-electron chi connectivity index (χ4n) is 3.87. The van der Waals surface area contributed by atoms with Gasteiger partial charge in [-0.3, -0.25) is 24.1 Å². The monoisotopic (exact) mass is 409 g/mol. The van der Waals surface area contributed by atoms with Crippen LogP contribution in [0, 0.1) is 28.6 Å². The Bertz CT molecular complexity index is 649. The Morgan fingerprint density at radius 1 is 0.966 bits per heavy atom. The number of carbonyl (C=O) groups is 4. The molecule has 2 fully saturated rings. The minimum Gasteiger partial charge on any atom is -0.428 e. The summed E-state index contributed by atoms with van der Waals surface area (Å²) in [5.74, 6) is -1.19. The van der Waals surface area contributed by atoms with Crippen LogP contribution in [0.3, 0.4) is 0 Å². The van der Waals surface area contributed by atoms with E-state index in [0.717, 1.165) is 12.8 Å². The molecule has 0 aromatic heterocycles. The maximum atomic E-state index is 12.6. The molecule has 7 heteroatoms. The van der Waals surface area contributed by atoms with Gasteiger partial charge < -0.3 is 9.47 Å². The van der Waals surface area contributed by atoms with E-state index in [1.165, 1.54) is 4.90 Å². The lowest BCUT2D eigenvalue weighted by Gasteiger charge is -2.30. The maximum absolute atomic E-state index is 12.6. The molecule has 1 saturated heterocycles. The van der Waals surface area contributed by atoms with Crippen molar-refractivity contribution in [2.45, 2.75) is 73.6 Å². The van der Waals surface area contributed by atoms with Crippen LogP contribution in [0.4, 0.5) is 0 Å². The van der Waals surface area contributed by atoms with Gasteiger partial charge >= 0.3 is 11.9 Å². The molecule has 1 aliphatic carbocycles. The average Bonchev–Trinajstić information content (AvgIpc) is 2.89. The van der Waals surface area contributed by atoms with Gasteiger partial charge in [0.2, 0.25) is 18.6 Å². The largest absolute Gasteiger partial charge is 0.428 e. The van der Waals surface area contributed by atoms with Gasteiger partial charge in [-0.1, -0.05) is 20.8 Å². The van der Waals surface area contributed by atoms with Crippen molar-refractivity contribution in [3.05, 3.63) is 0 Å². The third-order valence-electron chi connectivity index (χ3n) is 5.91. The molecular formula is C22H35NO6. The lowest BCUT2D eigenvalue weighted by atomic mass is 9.79. The molecule has 0 spiro atoms. The van der Waals surface area contributed by atoms with Gasteiger partial charge in [0, 0.05) is 13.0 Å². The summed E-state index contributed by atoms with van der Waals surface area (Å²) in [6, 6.07) is 0. The number of ether oxygens (including phenoxy) is 2. The van der Waals surface area contributed by atoms with Crippen LogP contribution < -0.4 is 0 Å². The van der Waals surface area contributed by atoms with Crippen LogP contribution in [-0.2, 0) is 28.7 Å². The summed E-state index contributed by atoms with van der Waals surface area (Å²) in [7, 11) is 0. The predicted octanol–water partition coefficient (Wildman–Crippen LogP) is 3.30. The Balaban J connectivity index is 1.76. The van der Waals surface area contributed by atoms with Crippen molar-refractivity contribution in [3.8, 4) is 0 Å². The molecule has 1 unspecified atom stereocenters.